The van der Waals surface area contributed by atoms with Gasteiger partial charge in [0.1, 0.15) is 12.3 Å². The first kappa shape index (κ1) is 16.4. The Morgan fingerprint density at radius 3 is 2.83 bits per heavy atom. The van der Waals surface area contributed by atoms with Gasteiger partial charge in [0.15, 0.2) is 5.96 Å². The highest BCUT2D eigenvalue weighted by atomic mass is 16.3. The quantitative estimate of drug-likeness (QED) is 0.633. The summed E-state index contributed by atoms with van der Waals surface area (Å²) in [4.78, 5) is 7.04. The molecule has 1 unspecified atom stereocenters. The van der Waals surface area contributed by atoms with Crippen LogP contribution in [0.1, 0.15) is 19.1 Å². The van der Waals surface area contributed by atoms with Crippen molar-refractivity contribution in [3.63, 3.8) is 0 Å². The van der Waals surface area contributed by atoms with E-state index in [0.717, 1.165) is 37.9 Å². The molecule has 1 aliphatic heterocycles. The number of aliphatic imine (C=N–C) groups is 1. The van der Waals surface area contributed by atoms with Crippen molar-refractivity contribution in [1.82, 2.24) is 10.6 Å². The number of para-hydroxylation sites is 1. The SMILES string of the molecule is CCNC(=NCc1ccco1)NCC1CCN(c2ccccc2)C1. The zero-order chi connectivity index (χ0) is 16.6. The van der Waals surface area contributed by atoms with Crippen LogP contribution >= 0.6 is 0 Å². The number of anilines is 1. The topological polar surface area (TPSA) is 52.8 Å². The summed E-state index contributed by atoms with van der Waals surface area (Å²) in [7, 11) is 0. The molecular weight excluding hydrogens is 300 g/mol. The Kier molecular flexibility index (Phi) is 5.77. The maximum absolute atomic E-state index is 5.33. The monoisotopic (exact) mass is 326 g/mol. The normalized spacial score (nSPS) is 18.0. The van der Waals surface area contributed by atoms with Gasteiger partial charge >= 0.3 is 0 Å². The molecule has 2 N–H and O–H groups in total. The molecule has 0 radical (unpaired) electrons. The van der Waals surface area contributed by atoms with E-state index in [2.05, 4.69) is 57.8 Å². The fraction of sp³-hybridized carbons (Fsp3) is 0.421. The fourth-order valence-electron chi connectivity index (χ4n) is 3.01. The van der Waals surface area contributed by atoms with Gasteiger partial charge in [-0.25, -0.2) is 4.99 Å². The lowest BCUT2D eigenvalue weighted by Crippen LogP contribution is -2.40. The van der Waals surface area contributed by atoms with Gasteiger partial charge in [0, 0.05) is 31.9 Å². The first-order chi connectivity index (χ1) is 11.8. The highest BCUT2D eigenvalue weighted by molar-refractivity contribution is 5.79. The largest absolute Gasteiger partial charge is 0.467 e. The Hall–Kier alpha value is -2.43. The third kappa shape index (κ3) is 4.54. The molecule has 1 saturated heterocycles. The van der Waals surface area contributed by atoms with Gasteiger partial charge in [0.2, 0.25) is 0 Å². The lowest BCUT2D eigenvalue weighted by atomic mass is 10.1. The average Bonchev–Trinajstić information content (AvgIpc) is 3.30. The van der Waals surface area contributed by atoms with Crippen LogP contribution in [-0.4, -0.2) is 32.1 Å². The van der Waals surface area contributed by atoms with Crippen molar-refractivity contribution in [2.24, 2.45) is 10.9 Å². The number of nitrogens with one attached hydrogen (secondary N) is 2. The number of benzene rings is 1. The van der Waals surface area contributed by atoms with Gasteiger partial charge in [0.05, 0.1) is 6.26 Å². The van der Waals surface area contributed by atoms with Crippen molar-refractivity contribution in [1.29, 1.82) is 0 Å². The van der Waals surface area contributed by atoms with Crippen LogP contribution in [0.5, 0.6) is 0 Å². The van der Waals surface area contributed by atoms with Crippen LogP contribution in [0.15, 0.2) is 58.1 Å². The minimum absolute atomic E-state index is 0.559. The second kappa shape index (κ2) is 8.43. The molecule has 0 bridgehead atoms. The Balaban J connectivity index is 1.49. The summed E-state index contributed by atoms with van der Waals surface area (Å²) in [6, 6.07) is 14.5. The molecular formula is C19H26N4O. The molecule has 1 atom stereocenters. The van der Waals surface area contributed by atoms with Crippen molar-refractivity contribution in [2.45, 2.75) is 19.9 Å². The highest BCUT2D eigenvalue weighted by Gasteiger charge is 2.22. The van der Waals surface area contributed by atoms with Crippen molar-refractivity contribution >= 4 is 11.6 Å². The molecule has 0 spiro atoms. The zero-order valence-corrected chi connectivity index (χ0v) is 14.2. The van der Waals surface area contributed by atoms with Crippen LogP contribution in [0.2, 0.25) is 0 Å². The summed E-state index contributed by atoms with van der Waals surface area (Å²) in [6.45, 7) is 6.64. The molecule has 2 aromatic rings. The molecule has 2 heterocycles. The number of hydrogen-bond acceptors (Lipinski definition) is 3. The van der Waals surface area contributed by atoms with Gasteiger partial charge in [0.25, 0.3) is 0 Å². The number of rotatable bonds is 6. The lowest BCUT2D eigenvalue weighted by Gasteiger charge is -2.19. The van der Waals surface area contributed by atoms with E-state index in [-0.39, 0.29) is 0 Å². The first-order valence-electron chi connectivity index (χ1n) is 8.69. The standard InChI is InChI=1S/C19H26N4O/c1-2-20-19(22-14-18-9-6-12-24-18)21-13-16-10-11-23(15-16)17-7-4-3-5-8-17/h3-9,12,16H,2,10-11,13-15H2,1H3,(H2,20,21,22). The lowest BCUT2D eigenvalue weighted by molar-refractivity contribution is 0.511. The van der Waals surface area contributed by atoms with Gasteiger partial charge in [-0.1, -0.05) is 18.2 Å². The summed E-state index contributed by atoms with van der Waals surface area (Å²) in [5.41, 5.74) is 1.32. The van der Waals surface area contributed by atoms with Gasteiger partial charge in [-0.2, -0.15) is 0 Å². The van der Waals surface area contributed by atoms with Gasteiger partial charge in [-0.05, 0) is 43.5 Å². The molecule has 5 nitrogen and oxygen atoms in total. The van der Waals surface area contributed by atoms with Crippen molar-refractivity contribution in [3.8, 4) is 0 Å². The van der Waals surface area contributed by atoms with E-state index in [4.69, 9.17) is 4.42 Å². The molecule has 128 valence electrons. The minimum Gasteiger partial charge on any atom is -0.467 e. The fourth-order valence-corrected chi connectivity index (χ4v) is 3.01. The van der Waals surface area contributed by atoms with Gasteiger partial charge in [-0.3, -0.25) is 0 Å². The van der Waals surface area contributed by atoms with Crippen molar-refractivity contribution in [2.75, 3.05) is 31.1 Å². The average molecular weight is 326 g/mol. The second-order valence-corrected chi connectivity index (χ2v) is 6.09. The Morgan fingerprint density at radius 2 is 2.08 bits per heavy atom. The number of guanidine groups is 1. The third-order valence-corrected chi connectivity index (χ3v) is 4.28. The number of hydrogen-bond donors (Lipinski definition) is 2. The van der Waals surface area contributed by atoms with Crippen molar-refractivity contribution < 1.29 is 4.42 Å². The molecule has 24 heavy (non-hydrogen) atoms. The van der Waals surface area contributed by atoms with Crippen LogP contribution in [-0.2, 0) is 6.54 Å². The zero-order valence-electron chi connectivity index (χ0n) is 14.2. The first-order valence-corrected chi connectivity index (χ1v) is 8.69. The summed E-state index contributed by atoms with van der Waals surface area (Å²) >= 11 is 0. The summed E-state index contributed by atoms with van der Waals surface area (Å²) in [6.07, 6.45) is 2.89. The van der Waals surface area contributed by atoms with Crippen LogP contribution < -0.4 is 15.5 Å². The second-order valence-electron chi connectivity index (χ2n) is 6.09. The van der Waals surface area contributed by atoms with E-state index in [9.17, 15) is 0 Å². The molecule has 3 rings (SSSR count). The number of furan rings is 1. The van der Waals surface area contributed by atoms with Crippen LogP contribution in [0.3, 0.4) is 0 Å². The van der Waals surface area contributed by atoms with Gasteiger partial charge < -0.3 is 20.0 Å². The van der Waals surface area contributed by atoms with E-state index in [1.54, 1.807) is 6.26 Å². The smallest absolute Gasteiger partial charge is 0.191 e. The van der Waals surface area contributed by atoms with E-state index < -0.39 is 0 Å². The summed E-state index contributed by atoms with van der Waals surface area (Å²) < 4.78 is 5.33. The maximum atomic E-state index is 5.33. The maximum Gasteiger partial charge on any atom is 0.191 e. The van der Waals surface area contributed by atoms with E-state index in [0.29, 0.717) is 12.5 Å². The predicted molar refractivity (Wildman–Crippen MR) is 98.3 cm³/mol. The number of nitrogens with zero attached hydrogens (tertiary/aromatic N) is 2. The predicted octanol–water partition coefficient (Wildman–Crippen LogP) is 2.86. The highest BCUT2D eigenvalue weighted by Crippen LogP contribution is 2.22. The van der Waals surface area contributed by atoms with Gasteiger partial charge in [-0.15, -0.1) is 0 Å². The van der Waals surface area contributed by atoms with Crippen molar-refractivity contribution in [3.05, 3.63) is 54.5 Å². The van der Waals surface area contributed by atoms with E-state index in [1.165, 1.54) is 12.1 Å². The van der Waals surface area contributed by atoms with Crippen LogP contribution in [0.25, 0.3) is 0 Å². The summed E-state index contributed by atoms with van der Waals surface area (Å²) in [5.74, 6) is 2.37. The molecule has 0 saturated carbocycles. The molecule has 5 heteroatoms. The van der Waals surface area contributed by atoms with Crippen LogP contribution in [0.4, 0.5) is 5.69 Å². The van der Waals surface area contributed by atoms with Crippen LogP contribution in [0, 0.1) is 5.92 Å². The Bertz CT molecular complexity index is 624. The molecule has 1 aromatic heterocycles. The summed E-state index contributed by atoms with van der Waals surface area (Å²) in [5, 5.41) is 6.76. The molecule has 1 aliphatic rings. The Morgan fingerprint density at radius 1 is 1.21 bits per heavy atom. The van der Waals surface area contributed by atoms with E-state index >= 15 is 0 Å². The Labute approximate surface area is 143 Å². The third-order valence-electron chi connectivity index (χ3n) is 4.28. The minimum atomic E-state index is 0.559. The van der Waals surface area contributed by atoms with E-state index in [1.807, 2.05) is 12.1 Å². The molecule has 1 fully saturated rings. The molecule has 0 aliphatic carbocycles. The molecule has 0 amide bonds. The molecule has 1 aromatic carbocycles.